The highest BCUT2D eigenvalue weighted by Crippen LogP contribution is 2.55. The first-order valence-electron chi connectivity index (χ1n) is 6.92. The van der Waals surface area contributed by atoms with Gasteiger partial charge in [0.15, 0.2) is 0 Å². The van der Waals surface area contributed by atoms with E-state index in [0.29, 0.717) is 6.04 Å². The molecule has 17 heavy (non-hydrogen) atoms. The van der Waals surface area contributed by atoms with Gasteiger partial charge < -0.3 is 5.32 Å². The first-order valence-corrected chi connectivity index (χ1v) is 6.92. The molecule has 2 aliphatic rings. The van der Waals surface area contributed by atoms with Gasteiger partial charge in [0.25, 0.3) is 0 Å². The molecule has 0 aromatic carbocycles. The third-order valence-corrected chi connectivity index (χ3v) is 4.85. The lowest BCUT2D eigenvalue weighted by molar-refractivity contribution is 0.333. The molecule has 1 heterocycles. The minimum atomic E-state index is 0.706. The molecular formula is C14H23N3. The zero-order chi connectivity index (χ0) is 11.8. The molecular weight excluding hydrogens is 210 g/mol. The molecule has 2 fully saturated rings. The summed E-state index contributed by atoms with van der Waals surface area (Å²) in [6, 6.07) is 2.84. The van der Waals surface area contributed by atoms with Crippen LogP contribution in [0.25, 0.3) is 0 Å². The molecule has 1 aromatic rings. The fourth-order valence-electron chi connectivity index (χ4n) is 3.66. The van der Waals surface area contributed by atoms with Crippen molar-refractivity contribution in [2.24, 2.45) is 24.8 Å². The predicted molar refractivity (Wildman–Crippen MR) is 68.7 cm³/mol. The zero-order valence-electron chi connectivity index (χ0n) is 10.9. The summed E-state index contributed by atoms with van der Waals surface area (Å²) in [6.07, 6.45) is 8.76. The highest BCUT2D eigenvalue weighted by atomic mass is 15.2. The van der Waals surface area contributed by atoms with Crippen molar-refractivity contribution in [3.05, 3.63) is 18.0 Å². The molecule has 94 valence electrons. The molecule has 3 heteroatoms. The van der Waals surface area contributed by atoms with Crippen molar-refractivity contribution in [3.63, 3.8) is 0 Å². The Bertz CT molecular complexity index is 375. The van der Waals surface area contributed by atoms with Crippen LogP contribution in [0.15, 0.2) is 12.3 Å². The van der Waals surface area contributed by atoms with E-state index < -0.39 is 0 Å². The minimum absolute atomic E-state index is 0.706. The summed E-state index contributed by atoms with van der Waals surface area (Å²) in [5.41, 5.74) is 1.36. The maximum Gasteiger partial charge on any atom is 0.0492 e. The molecule has 1 aromatic heterocycles. The molecule has 2 saturated carbocycles. The van der Waals surface area contributed by atoms with Gasteiger partial charge in [0, 0.05) is 25.0 Å². The van der Waals surface area contributed by atoms with Gasteiger partial charge in [0.05, 0.1) is 0 Å². The molecule has 0 spiro atoms. The van der Waals surface area contributed by atoms with E-state index in [4.69, 9.17) is 0 Å². The molecule has 0 radical (unpaired) electrons. The fraction of sp³-hybridized carbons (Fsp3) is 0.786. The quantitative estimate of drug-likeness (QED) is 0.843. The summed E-state index contributed by atoms with van der Waals surface area (Å²) in [6.45, 7) is 0. The molecule has 0 aliphatic heterocycles. The number of nitrogens with one attached hydrogen (secondary N) is 1. The first-order chi connectivity index (χ1) is 8.28. The van der Waals surface area contributed by atoms with Gasteiger partial charge >= 0.3 is 0 Å². The van der Waals surface area contributed by atoms with Crippen molar-refractivity contribution >= 4 is 0 Å². The third-order valence-electron chi connectivity index (χ3n) is 4.85. The average Bonchev–Trinajstić information content (AvgIpc) is 2.73. The summed E-state index contributed by atoms with van der Waals surface area (Å²) >= 11 is 0. The number of aryl methyl sites for hydroxylation is 2. The third kappa shape index (κ3) is 2.25. The van der Waals surface area contributed by atoms with Gasteiger partial charge in [-0.1, -0.05) is 0 Å². The number of nitrogens with zero attached hydrogens (tertiary/aromatic N) is 2. The Balaban J connectivity index is 1.53. The van der Waals surface area contributed by atoms with E-state index in [9.17, 15) is 0 Å². The van der Waals surface area contributed by atoms with Crippen LogP contribution in [-0.4, -0.2) is 22.9 Å². The van der Waals surface area contributed by atoms with Crippen molar-refractivity contribution < 1.29 is 0 Å². The van der Waals surface area contributed by atoms with Crippen LogP contribution in [-0.2, 0) is 13.5 Å². The topological polar surface area (TPSA) is 29.9 Å². The smallest absolute Gasteiger partial charge is 0.0492 e. The van der Waals surface area contributed by atoms with Crippen molar-refractivity contribution in [1.82, 2.24) is 15.1 Å². The lowest BCUT2D eigenvalue weighted by Crippen LogP contribution is -2.33. The molecule has 3 rings (SSSR count). The maximum atomic E-state index is 4.23. The molecule has 0 saturated heterocycles. The number of hydrogen-bond donors (Lipinski definition) is 1. The summed E-state index contributed by atoms with van der Waals surface area (Å²) in [7, 11) is 4.16. The summed E-state index contributed by atoms with van der Waals surface area (Å²) in [5, 5.41) is 7.77. The Morgan fingerprint density at radius 3 is 2.76 bits per heavy atom. The normalized spacial score (nSPS) is 32.5. The summed E-state index contributed by atoms with van der Waals surface area (Å²) in [4.78, 5) is 0. The van der Waals surface area contributed by atoms with Crippen molar-refractivity contribution in [1.29, 1.82) is 0 Å². The van der Waals surface area contributed by atoms with Gasteiger partial charge in [-0.2, -0.15) is 5.10 Å². The standard InChI is InChI=1S/C14H23N3/c1-15-14(12-8-10-7-11(10)9-12)4-3-13-5-6-16-17(13)2/h5-6,10-12,14-15H,3-4,7-9H2,1-2H3. The average molecular weight is 233 g/mol. The Morgan fingerprint density at radius 1 is 1.41 bits per heavy atom. The Hall–Kier alpha value is -0.830. The van der Waals surface area contributed by atoms with Crippen LogP contribution in [0.2, 0.25) is 0 Å². The van der Waals surface area contributed by atoms with Crippen LogP contribution in [0.1, 0.15) is 31.4 Å². The van der Waals surface area contributed by atoms with Crippen molar-refractivity contribution in [3.8, 4) is 0 Å². The Labute approximate surface area is 104 Å². The Morgan fingerprint density at radius 2 is 2.18 bits per heavy atom. The van der Waals surface area contributed by atoms with Crippen LogP contribution in [0.3, 0.4) is 0 Å². The SMILES string of the molecule is CNC(CCc1ccnn1C)C1CC2CC2C1. The van der Waals surface area contributed by atoms with Gasteiger partial charge in [-0.25, -0.2) is 0 Å². The van der Waals surface area contributed by atoms with Crippen LogP contribution >= 0.6 is 0 Å². The van der Waals surface area contributed by atoms with Gasteiger partial charge in [0.1, 0.15) is 0 Å². The van der Waals surface area contributed by atoms with E-state index >= 15 is 0 Å². The Kier molecular flexibility index (Phi) is 2.95. The predicted octanol–water partition coefficient (Wildman–Crippen LogP) is 1.99. The lowest BCUT2D eigenvalue weighted by Gasteiger charge is -2.24. The summed E-state index contributed by atoms with van der Waals surface area (Å²) in [5.74, 6) is 3.11. The fourth-order valence-corrected chi connectivity index (χ4v) is 3.66. The first kappa shape index (κ1) is 11.3. The number of hydrogen-bond acceptors (Lipinski definition) is 2. The second kappa shape index (κ2) is 4.45. The largest absolute Gasteiger partial charge is 0.317 e. The zero-order valence-corrected chi connectivity index (χ0v) is 10.9. The molecule has 3 unspecified atom stereocenters. The second-order valence-electron chi connectivity index (χ2n) is 5.87. The molecule has 0 amide bonds. The van der Waals surface area contributed by atoms with Crippen LogP contribution in [0.4, 0.5) is 0 Å². The minimum Gasteiger partial charge on any atom is -0.317 e. The molecule has 3 atom stereocenters. The number of fused-ring (bicyclic) bond motifs is 1. The molecule has 0 bridgehead atoms. The van der Waals surface area contributed by atoms with Gasteiger partial charge in [0.2, 0.25) is 0 Å². The molecule has 3 nitrogen and oxygen atoms in total. The van der Waals surface area contributed by atoms with Crippen LogP contribution in [0.5, 0.6) is 0 Å². The number of rotatable bonds is 5. The van der Waals surface area contributed by atoms with Gasteiger partial charge in [-0.15, -0.1) is 0 Å². The van der Waals surface area contributed by atoms with Gasteiger partial charge in [-0.05, 0) is 63.0 Å². The van der Waals surface area contributed by atoms with Gasteiger partial charge in [-0.3, -0.25) is 4.68 Å². The summed E-state index contributed by atoms with van der Waals surface area (Å²) < 4.78 is 2.00. The maximum absolute atomic E-state index is 4.23. The highest BCUT2D eigenvalue weighted by molar-refractivity contribution is 5.03. The molecule has 1 N–H and O–H groups in total. The molecule has 2 aliphatic carbocycles. The van der Waals surface area contributed by atoms with E-state index in [1.54, 1.807) is 0 Å². The van der Waals surface area contributed by atoms with E-state index in [0.717, 1.165) is 24.2 Å². The highest BCUT2D eigenvalue weighted by Gasteiger charge is 2.47. The van der Waals surface area contributed by atoms with Crippen LogP contribution in [0, 0.1) is 17.8 Å². The number of aromatic nitrogens is 2. The lowest BCUT2D eigenvalue weighted by atomic mass is 9.91. The van der Waals surface area contributed by atoms with Crippen molar-refractivity contribution in [2.45, 2.75) is 38.1 Å². The van der Waals surface area contributed by atoms with E-state index in [-0.39, 0.29) is 0 Å². The second-order valence-corrected chi connectivity index (χ2v) is 5.87. The van der Waals surface area contributed by atoms with Crippen LogP contribution < -0.4 is 5.32 Å². The van der Waals surface area contributed by atoms with Crippen molar-refractivity contribution in [2.75, 3.05) is 7.05 Å². The van der Waals surface area contributed by atoms with E-state index in [1.165, 1.54) is 31.4 Å². The monoisotopic (exact) mass is 233 g/mol. The van der Waals surface area contributed by atoms with E-state index in [2.05, 4.69) is 23.5 Å². The van der Waals surface area contributed by atoms with E-state index in [1.807, 2.05) is 17.9 Å².